The number of anilines is 2. The third-order valence-corrected chi connectivity index (χ3v) is 6.45. The molecule has 2 fully saturated rings. The second kappa shape index (κ2) is 7.23. The first-order chi connectivity index (χ1) is 13.0. The van der Waals surface area contributed by atoms with Gasteiger partial charge in [0.15, 0.2) is 0 Å². The van der Waals surface area contributed by atoms with Crippen LogP contribution in [0.3, 0.4) is 0 Å². The van der Waals surface area contributed by atoms with Crippen LogP contribution in [0.5, 0.6) is 0 Å². The fraction of sp³-hybridized carbons (Fsp3) is 0.350. The van der Waals surface area contributed by atoms with Gasteiger partial charge in [-0.05, 0) is 49.2 Å². The molecule has 142 valence electrons. The highest BCUT2D eigenvalue weighted by atomic mass is 32.2. The molecule has 6 nitrogen and oxygen atoms in total. The summed E-state index contributed by atoms with van der Waals surface area (Å²) in [5.41, 5.74) is 1.57. The highest BCUT2D eigenvalue weighted by Crippen LogP contribution is 2.31. The average molecular weight is 385 g/mol. The summed E-state index contributed by atoms with van der Waals surface area (Å²) in [4.78, 5) is 16.6. The molecule has 1 heterocycles. The zero-order chi connectivity index (χ0) is 18.9. The van der Waals surface area contributed by atoms with Crippen LogP contribution in [0.2, 0.25) is 0 Å². The van der Waals surface area contributed by atoms with Crippen molar-refractivity contribution in [2.75, 3.05) is 35.8 Å². The zero-order valence-corrected chi connectivity index (χ0v) is 15.9. The first-order valence-electron chi connectivity index (χ1n) is 9.25. The SMILES string of the molecule is O=C(C1CC1)N1CCN(c2ccc(NS(=O)(=O)c3ccccc3)cc2)CC1. The van der Waals surface area contributed by atoms with Crippen molar-refractivity contribution in [3.8, 4) is 0 Å². The van der Waals surface area contributed by atoms with Gasteiger partial charge in [-0.2, -0.15) is 0 Å². The maximum atomic E-state index is 12.4. The number of piperazine rings is 1. The summed E-state index contributed by atoms with van der Waals surface area (Å²) in [6.45, 7) is 3.09. The largest absolute Gasteiger partial charge is 0.368 e. The summed E-state index contributed by atoms with van der Waals surface area (Å²) in [6, 6.07) is 15.7. The Labute approximate surface area is 159 Å². The van der Waals surface area contributed by atoms with Crippen LogP contribution in [0.15, 0.2) is 59.5 Å². The van der Waals surface area contributed by atoms with Crippen molar-refractivity contribution in [2.45, 2.75) is 17.7 Å². The van der Waals surface area contributed by atoms with Gasteiger partial charge in [0.25, 0.3) is 10.0 Å². The van der Waals surface area contributed by atoms with Gasteiger partial charge in [0.2, 0.25) is 5.91 Å². The van der Waals surface area contributed by atoms with E-state index < -0.39 is 10.0 Å². The number of carbonyl (C=O) groups excluding carboxylic acids is 1. The Morgan fingerprint density at radius 3 is 2.11 bits per heavy atom. The van der Waals surface area contributed by atoms with Crippen LogP contribution < -0.4 is 9.62 Å². The van der Waals surface area contributed by atoms with Crippen molar-refractivity contribution in [1.82, 2.24) is 4.90 Å². The van der Waals surface area contributed by atoms with Crippen molar-refractivity contribution < 1.29 is 13.2 Å². The zero-order valence-electron chi connectivity index (χ0n) is 15.0. The van der Waals surface area contributed by atoms with Gasteiger partial charge in [-0.3, -0.25) is 9.52 Å². The molecule has 2 aromatic rings. The standard InChI is InChI=1S/C20H23N3O3S/c24-20(16-6-7-16)23-14-12-22(13-15-23)18-10-8-17(9-11-18)21-27(25,26)19-4-2-1-3-5-19/h1-5,8-11,16,21H,6-7,12-15H2. The van der Waals surface area contributed by atoms with E-state index in [9.17, 15) is 13.2 Å². The fourth-order valence-electron chi connectivity index (χ4n) is 3.33. The molecule has 0 aromatic heterocycles. The topological polar surface area (TPSA) is 69.7 Å². The molecule has 1 saturated carbocycles. The molecule has 0 unspecified atom stereocenters. The molecule has 1 aliphatic heterocycles. The molecule has 1 aliphatic carbocycles. The number of amides is 1. The van der Waals surface area contributed by atoms with Gasteiger partial charge < -0.3 is 9.80 Å². The molecule has 0 radical (unpaired) electrons. The Kier molecular flexibility index (Phi) is 4.78. The molecule has 2 aliphatic rings. The molecular weight excluding hydrogens is 362 g/mol. The van der Waals surface area contributed by atoms with Crippen molar-refractivity contribution >= 4 is 27.3 Å². The minimum atomic E-state index is -3.58. The maximum Gasteiger partial charge on any atom is 0.261 e. The molecule has 1 amide bonds. The van der Waals surface area contributed by atoms with Crippen LogP contribution in [-0.4, -0.2) is 45.4 Å². The van der Waals surface area contributed by atoms with Gasteiger partial charge in [0, 0.05) is 43.5 Å². The summed E-state index contributed by atoms with van der Waals surface area (Å²) in [7, 11) is -3.58. The number of hydrogen-bond acceptors (Lipinski definition) is 4. The van der Waals surface area contributed by atoms with Crippen LogP contribution in [-0.2, 0) is 14.8 Å². The van der Waals surface area contributed by atoms with Crippen LogP contribution in [0.25, 0.3) is 0 Å². The minimum Gasteiger partial charge on any atom is -0.368 e. The van der Waals surface area contributed by atoms with Gasteiger partial charge >= 0.3 is 0 Å². The molecule has 2 aromatic carbocycles. The Morgan fingerprint density at radius 2 is 1.52 bits per heavy atom. The third-order valence-electron chi connectivity index (χ3n) is 5.06. The second-order valence-electron chi connectivity index (χ2n) is 7.05. The van der Waals surface area contributed by atoms with Crippen LogP contribution in [0.4, 0.5) is 11.4 Å². The van der Waals surface area contributed by atoms with E-state index in [1.807, 2.05) is 17.0 Å². The lowest BCUT2D eigenvalue weighted by Gasteiger charge is -2.36. The van der Waals surface area contributed by atoms with Gasteiger partial charge in [0.05, 0.1) is 4.90 Å². The predicted octanol–water partition coefficient (Wildman–Crippen LogP) is 2.55. The lowest BCUT2D eigenvalue weighted by molar-refractivity contribution is -0.132. The summed E-state index contributed by atoms with van der Waals surface area (Å²) < 4.78 is 27.4. The smallest absolute Gasteiger partial charge is 0.261 e. The lowest BCUT2D eigenvalue weighted by atomic mass is 10.2. The summed E-state index contributed by atoms with van der Waals surface area (Å²) in [6.07, 6.45) is 2.08. The summed E-state index contributed by atoms with van der Waals surface area (Å²) in [5, 5.41) is 0. The van der Waals surface area contributed by atoms with Crippen LogP contribution in [0, 0.1) is 5.92 Å². The molecular formula is C20H23N3O3S. The quantitative estimate of drug-likeness (QED) is 0.859. The van der Waals surface area contributed by atoms with Crippen LogP contribution >= 0.6 is 0 Å². The van der Waals surface area contributed by atoms with Crippen LogP contribution in [0.1, 0.15) is 12.8 Å². The minimum absolute atomic E-state index is 0.241. The van der Waals surface area contributed by atoms with E-state index in [4.69, 9.17) is 0 Å². The first kappa shape index (κ1) is 17.9. The Bertz CT molecular complexity index is 901. The average Bonchev–Trinajstić information content (AvgIpc) is 3.54. The van der Waals surface area contributed by atoms with E-state index in [0.717, 1.165) is 44.7 Å². The van der Waals surface area contributed by atoms with E-state index in [1.54, 1.807) is 42.5 Å². The number of nitrogens with one attached hydrogen (secondary N) is 1. The van der Waals surface area contributed by atoms with E-state index in [-0.39, 0.29) is 10.8 Å². The normalized spacial score (nSPS) is 17.6. The maximum absolute atomic E-state index is 12.4. The Balaban J connectivity index is 1.37. The van der Waals surface area contributed by atoms with Crippen molar-refractivity contribution in [1.29, 1.82) is 0 Å². The molecule has 27 heavy (non-hydrogen) atoms. The van der Waals surface area contributed by atoms with Gasteiger partial charge in [0.1, 0.15) is 0 Å². The fourth-order valence-corrected chi connectivity index (χ4v) is 4.41. The molecule has 0 atom stereocenters. The lowest BCUT2D eigenvalue weighted by Crippen LogP contribution is -2.49. The Hall–Kier alpha value is -2.54. The number of nitrogens with zero attached hydrogens (tertiary/aromatic N) is 2. The predicted molar refractivity (Wildman–Crippen MR) is 105 cm³/mol. The number of benzene rings is 2. The molecule has 1 N–H and O–H groups in total. The van der Waals surface area contributed by atoms with E-state index >= 15 is 0 Å². The Morgan fingerprint density at radius 1 is 0.889 bits per heavy atom. The van der Waals surface area contributed by atoms with E-state index in [2.05, 4.69) is 9.62 Å². The van der Waals surface area contributed by atoms with Gasteiger partial charge in [-0.25, -0.2) is 8.42 Å². The van der Waals surface area contributed by atoms with E-state index in [0.29, 0.717) is 11.6 Å². The third kappa shape index (κ3) is 4.08. The molecule has 0 spiro atoms. The first-order valence-corrected chi connectivity index (χ1v) is 10.7. The highest BCUT2D eigenvalue weighted by molar-refractivity contribution is 7.92. The number of carbonyl (C=O) groups is 1. The molecule has 7 heteroatoms. The number of rotatable bonds is 5. The van der Waals surface area contributed by atoms with Crippen molar-refractivity contribution in [3.63, 3.8) is 0 Å². The second-order valence-corrected chi connectivity index (χ2v) is 8.73. The van der Waals surface area contributed by atoms with Gasteiger partial charge in [-0.15, -0.1) is 0 Å². The van der Waals surface area contributed by atoms with Crippen molar-refractivity contribution in [2.24, 2.45) is 5.92 Å². The van der Waals surface area contributed by atoms with E-state index in [1.165, 1.54) is 0 Å². The monoisotopic (exact) mass is 385 g/mol. The van der Waals surface area contributed by atoms with Gasteiger partial charge in [-0.1, -0.05) is 18.2 Å². The molecule has 0 bridgehead atoms. The molecule has 1 saturated heterocycles. The summed E-state index contributed by atoms with van der Waals surface area (Å²) in [5.74, 6) is 0.578. The number of sulfonamides is 1. The highest BCUT2D eigenvalue weighted by Gasteiger charge is 2.34. The summed E-state index contributed by atoms with van der Waals surface area (Å²) >= 11 is 0. The number of hydrogen-bond donors (Lipinski definition) is 1. The van der Waals surface area contributed by atoms with Crippen molar-refractivity contribution in [3.05, 3.63) is 54.6 Å². The molecule has 4 rings (SSSR count).